The first-order valence-electron chi connectivity index (χ1n) is 10.5. The van der Waals surface area contributed by atoms with Crippen molar-refractivity contribution in [1.29, 1.82) is 0 Å². The predicted molar refractivity (Wildman–Crippen MR) is 118 cm³/mol. The van der Waals surface area contributed by atoms with Crippen LogP contribution >= 0.6 is 0 Å². The van der Waals surface area contributed by atoms with Gasteiger partial charge in [-0.3, -0.25) is 9.59 Å². The molecule has 6 heteroatoms. The molecule has 0 bridgehead atoms. The number of fused-ring (bicyclic) bond motifs is 1. The lowest BCUT2D eigenvalue weighted by atomic mass is 9.71. The molecule has 2 heterocycles. The van der Waals surface area contributed by atoms with Crippen LogP contribution in [0.4, 0.5) is 11.4 Å². The quantitative estimate of drug-likeness (QED) is 0.798. The summed E-state index contributed by atoms with van der Waals surface area (Å²) in [7, 11) is 0. The van der Waals surface area contributed by atoms with E-state index in [9.17, 15) is 9.59 Å². The SMILES string of the molecule is CCc1ccc(N2CCOCC2)cc1C1CC(C)(C(N)=O)c2cc([C]=O)ccc2N1. The fraction of sp³-hybridized carbons (Fsp3) is 0.417. The number of hydrogen-bond donors (Lipinski definition) is 2. The first-order valence-corrected chi connectivity index (χ1v) is 10.5. The predicted octanol–water partition coefficient (Wildman–Crippen LogP) is 2.84. The molecule has 0 aromatic heterocycles. The minimum atomic E-state index is -0.877. The highest BCUT2D eigenvalue weighted by Gasteiger charge is 2.42. The summed E-state index contributed by atoms with van der Waals surface area (Å²) in [5.41, 5.74) is 10.6. The van der Waals surface area contributed by atoms with Crippen molar-refractivity contribution in [3.8, 4) is 0 Å². The number of amides is 1. The Morgan fingerprint density at radius 2 is 2.03 bits per heavy atom. The van der Waals surface area contributed by atoms with Crippen LogP contribution in [0.15, 0.2) is 36.4 Å². The monoisotopic (exact) mass is 406 g/mol. The Kier molecular flexibility index (Phi) is 5.52. The van der Waals surface area contributed by atoms with Gasteiger partial charge < -0.3 is 20.7 Å². The summed E-state index contributed by atoms with van der Waals surface area (Å²) in [6.07, 6.45) is 3.34. The highest BCUT2D eigenvalue weighted by molar-refractivity contribution is 5.90. The van der Waals surface area contributed by atoms with Crippen LogP contribution in [0.2, 0.25) is 0 Å². The molecule has 0 spiro atoms. The molecule has 2 aromatic carbocycles. The summed E-state index contributed by atoms with van der Waals surface area (Å²) in [5, 5.41) is 3.60. The number of rotatable bonds is 5. The zero-order valence-corrected chi connectivity index (χ0v) is 17.5. The van der Waals surface area contributed by atoms with Crippen LogP contribution in [0.3, 0.4) is 0 Å². The molecule has 3 N–H and O–H groups in total. The molecule has 157 valence electrons. The molecule has 0 saturated carbocycles. The molecular formula is C24H28N3O3. The lowest BCUT2D eigenvalue weighted by molar-refractivity contribution is -0.123. The topological polar surface area (TPSA) is 84.7 Å². The maximum absolute atomic E-state index is 12.6. The second kappa shape index (κ2) is 8.11. The second-order valence-corrected chi connectivity index (χ2v) is 8.30. The van der Waals surface area contributed by atoms with E-state index in [1.165, 1.54) is 16.8 Å². The Bertz CT molecular complexity index is 968. The van der Waals surface area contributed by atoms with Crippen molar-refractivity contribution in [2.45, 2.75) is 38.1 Å². The second-order valence-electron chi connectivity index (χ2n) is 8.30. The average Bonchev–Trinajstić information content (AvgIpc) is 2.78. The van der Waals surface area contributed by atoms with E-state index in [-0.39, 0.29) is 11.9 Å². The van der Waals surface area contributed by atoms with Crippen molar-refractivity contribution in [2.24, 2.45) is 5.73 Å². The number of carbonyl (C=O) groups excluding carboxylic acids is 2. The highest BCUT2D eigenvalue weighted by Crippen LogP contribution is 2.45. The molecule has 1 radical (unpaired) electrons. The number of nitrogens with one attached hydrogen (secondary N) is 1. The van der Waals surface area contributed by atoms with E-state index in [2.05, 4.69) is 35.3 Å². The smallest absolute Gasteiger partial charge is 0.233 e. The molecule has 1 fully saturated rings. The Balaban J connectivity index is 1.76. The highest BCUT2D eigenvalue weighted by atomic mass is 16.5. The summed E-state index contributed by atoms with van der Waals surface area (Å²) in [6.45, 7) is 7.22. The van der Waals surface area contributed by atoms with Crippen molar-refractivity contribution in [1.82, 2.24) is 0 Å². The Hall–Kier alpha value is -2.86. The Labute approximate surface area is 177 Å². The number of carbonyl (C=O) groups is 1. The van der Waals surface area contributed by atoms with Gasteiger partial charge in [0.1, 0.15) is 0 Å². The van der Waals surface area contributed by atoms with E-state index in [0.29, 0.717) is 12.0 Å². The average molecular weight is 407 g/mol. The fourth-order valence-electron chi connectivity index (χ4n) is 4.62. The summed E-state index contributed by atoms with van der Waals surface area (Å²) < 4.78 is 5.49. The first kappa shape index (κ1) is 20.4. The molecule has 4 rings (SSSR count). The van der Waals surface area contributed by atoms with Crippen molar-refractivity contribution in [2.75, 3.05) is 36.5 Å². The number of anilines is 2. The van der Waals surface area contributed by atoms with Crippen LogP contribution in [-0.4, -0.2) is 38.5 Å². The van der Waals surface area contributed by atoms with Gasteiger partial charge >= 0.3 is 0 Å². The third-order valence-corrected chi connectivity index (χ3v) is 6.48. The molecule has 2 aromatic rings. The van der Waals surface area contributed by atoms with Gasteiger partial charge in [0.15, 0.2) is 0 Å². The molecular weight excluding hydrogens is 378 g/mol. The third-order valence-electron chi connectivity index (χ3n) is 6.48. The normalized spacial score (nSPS) is 23.4. The summed E-state index contributed by atoms with van der Waals surface area (Å²) >= 11 is 0. The van der Waals surface area contributed by atoms with Gasteiger partial charge in [-0.15, -0.1) is 0 Å². The van der Waals surface area contributed by atoms with E-state index in [1.54, 1.807) is 12.1 Å². The van der Waals surface area contributed by atoms with Crippen molar-refractivity contribution in [3.63, 3.8) is 0 Å². The molecule has 2 aliphatic rings. The molecule has 0 aliphatic carbocycles. The van der Waals surface area contributed by atoms with Crippen molar-refractivity contribution >= 4 is 23.6 Å². The Morgan fingerprint density at radius 3 is 2.70 bits per heavy atom. The van der Waals surface area contributed by atoms with E-state index in [0.717, 1.165) is 44.0 Å². The lowest BCUT2D eigenvalue weighted by Gasteiger charge is -2.40. The minimum Gasteiger partial charge on any atom is -0.378 e. The van der Waals surface area contributed by atoms with Gasteiger partial charge in [0, 0.05) is 30.0 Å². The fourth-order valence-corrected chi connectivity index (χ4v) is 4.62. The van der Waals surface area contributed by atoms with E-state index < -0.39 is 5.41 Å². The molecule has 30 heavy (non-hydrogen) atoms. The van der Waals surface area contributed by atoms with E-state index >= 15 is 0 Å². The van der Waals surface area contributed by atoms with Crippen molar-refractivity contribution < 1.29 is 14.3 Å². The van der Waals surface area contributed by atoms with Gasteiger partial charge in [-0.25, -0.2) is 0 Å². The van der Waals surface area contributed by atoms with E-state index in [4.69, 9.17) is 10.5 Å². The zero-order valence-electron chi connectivity index (χ0n) is 17.5. The van der Waals surface area contributed by atoms with Crippen LogP contribution in [0.25, 0.3) is 0 Å². The molecule has 1 amide bonds. The zero-order chi connectivity index (χ0) is 21.3. The molecule has 2 atom stereocenters. The maximum Gasteiger partial charge on any atom is 0.233 e. The van der Waals surface area contributed by atoms with Crippen LogP contribution in [0.5, 0.6) is 0 Å². The van der Waals surface area contributed by atoms with Crippen LogP contribution in [0.1, 0.15) is 48.6 Å². The number of primary amides is 1. The molecule has 6 nitrogen and oxygen atoms in total. The number of hydrogen-bond acceptors (Lipinski definition) is 5. The molecule has 2 unspecified atom stereocenters. The third kappa shape index (κ3) is 3.56. The number of morpholine rings is 1. The number of nitrogens with zero attached hydrogens (tertiary/aromatic N) is 1. The van der Waals surface area contributed by atoms with Gasteiger partial charge in [0.2, 0.25) is 12.2 Å². The lowest BCUT2D eigenvalue weighted by Crippen LogP contribution is -2.44. The minimum absolute atomic E-state index is 0.0583. The molecule has 1 saturated heterocycles. The van der Waals surface area contributed by atoms with Gasteiger partial charge in [0.05, 0.1) is 24.7 Å². The van der Waals surface area contributed by atoms with Gasteiger partial charge in [-0.05, 0) is 66.8 Å². The van der Waals surface area contributed by atoms with Crippen LogP contribution < -0.4 is 16.0 Å². The maximum atomic E-state index is 12.6. The van der Waals surface area contributed by atoms with Gasteiger partial charge in [0.25, 0.3) is 0 Å². The number of nitrogens with two attached hydrogens (primary N) is 1. The first-order chi connectivity index (χ1) is 14.5. The van der Waals surface area contributed by atoms with Crippen molar-refractivity contribution in [3.05, 3.63) is 58.7 Å². The summed E-state index contributed by atoms with van der Waals surface area (Å²) in [5.74, 6) is -0.388. The van der Waals surface area contributed by atoms with Gasteiger partial charge in [-0.1, -0.05) is 13.0 Å². The van der Waals surface area contributed by atoms with Gasteiger partial charge in [-0.2, -0.15) is 0 Å². The number of aryl methyl sites for hydroxylation is 1. The van der Waals surface area contributed by atoms with Crippen LogP contribution in [0, 0.1) is 0 Å². The van der Waals surface area contributed by atoms with Crippen LogP contribution in [-0.2, 0) is 26.2 Å². The Morgan fingerprint density at radius 1 is 1.27 bits per heavy atom. The summed E-state index contributed by atoms with van der Waals surface area (Å²) in [6, 6.07) is 11.8. The van der Waals surface area contributed by atoms with E-state index in [1.807, 2.05) is 19.3 Å². The number of ether oxygens (including phenoxy) is 1. The largest absolute Gasteiger partial charge is 0.378 e. The summed E-state index contributed by atoms with van der Waals surface area (Å²) in [4.78, 5) is 26.0. The number of benzene rings is 2. The molecule has 2 aliphatic heterocycles. The standard InChI is InChI=1S/C24H28N3O3/c1-3-17-5-6-18(27-8-10-30-11-9-27)13-19(17)22-14-24(2,23(25)29)20-12-16(15-28)4-7-21(20)26-22/h4-7,12-13,22,26H,3,8-11,14H2,1-2H3,(H2,25,29).